The second kappa shape index (κ2) is 17.9. The molecule has 2 rings (SSSR count). The molecule has 2 aromatic rings. The lowest BCUT2D eigenvalue weighted by Gasteiger charge is -2.10. The lowest BCUT2D eigenvalue weighted by atomic mass is 9.98. The van der Waals surface area contributed by atoms with Crippen molar-refractivity contribution in [3.05, 3.63) is 63.5 Å². The first-order chi connectivity index (χ1) is 17.1. The van der Waals surface area contributed by atoms with Crippen LogP contribution < -0.4 is 5.73 Å². The summed E-state index contributed by atoms with van der Waals surface area (Å²) >= 11 is 0. The van der Waals surface area contributed by atoms with E-state index in [1.165, 1.54) is 89.9 Å². The van der Waals surface area contributed by atoms with Gasteiger partial charge in [-0.25, -0.2) is 0 Å². The smallest absolute Gasteiger partial charge is 0.295 e. The number of pyridine rings is 1. The lowest BCUT2D eigenvalue weighted by Crippen LogP contribution is -2.05. The zero-order chi connectivity index (χ0) is 25.1. The van der Waals surface area contributed by atoms with E-state index < -0.39 is 0 Å². The highest BCUT2D eigenvalue weighted by atomic mass is 16.6. The fourth-order valence-electron chi connectivity index (χ4n) is 4.83. The van der Waals surface area contributed by atoms with Crippen molar-refractivity contribution in [1.29, 1.82) is 0 Å². The van der Waals surface area contributed by atoms with E-state index in [2.05, 4.69) is 11.9 Å². The molecule has 35 heavy (non-hydrogen) atoms. The molecule has 0 fully saturated rings. The van der Waals surface area contributed by atoms with Crippen LogP contribution in [0.1, 0.15) is 126 Å². The number of rotatable bonds is 20. The van der Waals surface area contributed by atoms with Crippen LogP contribution in [0.15, 0.2) is 36.5 Å². The Morgan fingerprint density at radius 2 is 1.26 bits per heavy atom. The summed E-state index contributed by atoms with van der Waals surface area (Å²) < 4.78 is 0. The van der Waals surface area contributed by atoms with Gasteiger partial charge in [0.2, 0.25) is 0 Å². The van der Waals surface area contributed by atoms with Crippen LogP contribution in [0.2, 0.25) is 0 Å². The summed E-state index contributed by atoms with van der Waals surface area (Å²) in [6.45, 7) is 2.28. The molecule has 0 saturated heterocycles. The number of hydrogen-bond acceptors (Lipinski definition) is 4. The van der Waals surface area contributed by atoms with Crippen molar-refractivity contribution in [2.45, 2.75) is 122 Å². The number of unbranched alkanes of at least 4 members (excludes halogenated alkanes) is 15. The van der Waals surface area contributed by atoms with Crippen LogP contribution in [0.3, 0.4) is 0 Å². The van der Waals surface area contributed by atoms with Gasteiger partial charge in [-0.3, -0.25) is 15.1 Å². The van der Waals surface area contributed by atoms with Crippen molar-refractivity contribution in [2.24, 2.45) is 0 Å². The average Bonchev–Trinajstić information content (AvgIpc) is 2.85. The van der Waals surface area contributed by atoms with Gasteiger partial charge in [-0.1, -0.05) is 121 Å². The minimum Gasteiger partial charge on any atom is -0.393 e. The molecule has 1 aromatic heterocycles. The molecular formula is C30H47N3O2. The quantitative estimate of drug-likeness (QED) is 0.0885. The molecule has 0 atom stereocenters. The second-order valence-electron chi connectivity index (χ2n) is 9.95. The monoisotopic (exact) mass is 481 g/mol. The molecule has 0 aliphatic heterocycles. The zero-order valence-corrected chi connectivity index (χ0v) is 22.0. The first-order valence-corrected chi connectivity index (χ1v) is 14.1. The van der Waals surface area contributed by atoms with Crippen molar-refractivity contribution in [2.75, 3.05) is 5.73 Å². The summed E-state index contributed by atoms with van der Waals surface area (Å²) in [5, 5.41) is 11.7. The number of benzene rings is 1. The van der Waals surface area contributed by atoms with Crippen LogP contribution in [0.5, 0.6) is 0 Å². The van der Waals surface area contributed by atoms with E-state index in [0.29, 0.717) is 17.7 Å². The van der Waals surface area contributed by atoms with E-state index in [4.69, 9.17) is 5.73 Å². The standard InChI is InChI=1S/C30H47N3O2/c1-2-3-4-5-6-7-8-9-10-11-12-13-14-15-16-17-20-26-22-23-27(30(29(26)31)33(34)35)25-28-21-18-19-24-32-28/h18-19,21-24H,2-17,20,25,31H2,1H3. The molecule has 0 radical (unpaired) electrons. The predicted molar refractivity (Wildman–Crippen MR) is 148 cm³/mol. The Bertz CT molecular complexity index is 839. The molecule has 0 aliphatic rings. The molecule has 0 bridgehead atoms. The Morgan fingerprint density at radius 1 is 0.743 bits per heavy atom. The van der Waals surface area contributed by atoms with Gasteiger partial charge < -0.3 is 5.73 Å². The van der Waals surface area contributed by atoms with Crippen LogP contribution >= 0.6 is 0 Å². The Hall–Kier alpha value is -2.43. The Balaban J connectivity index is 1.57. The summed E-state index contributed by atoms with van der Waals surface area (Å²) in [6.07, 6.45) is 24.3. The van der Waals surface area contributed by atoms with Gasteiger partial charge in [-0.2, -0.15) is 0 Å². The minimum absolute atomic E-state index is 0.0460. The molecule has 5 nitrogen and oxygen atoms in total. The van der Waals surface area contributed by atoms with Gasteiger partial charge in [-0.05, 0) is 30.5 Å². The number of aryl methyl sites for hydroxylation is 1. The normalized spacial score (nSPS) is 11.1. The third-order valence-corrected chi connectivity index (χ3v) is 6.97. The molecule has 0 amide bonds. The van der Waals surface area contributed by atoms with Crippen molar-refractivity contribution < 1.29 is 4.92 Å². The van der Waals surface area contributed by atoms with Gasteiger partial charge in [0.25, 0.3) is 5.69 Å². The summed E-state index contributed by atoms with van der Waals surface area (Å²) in [5.41, 5.74) is 8.94. The zero-order valence-electron chi connectivity index (χ0n) is 22.0. The summed E-state index contributed by atoms with van der Waals surface area (Å²) in [6, 6.07) is 9.43. The fourth-order valence-corrected chi connectivity index (χ4v) is 4.83. The highest BCUT2D eigenvalue weighted by Crippen LogP contribution is 2.32. The third-order valence-electron chi connectivity index (χ3n) is 6.97. The number of aromatic nitrogens is 1. The number of nitrogen functional groups attached to an aromatic ring is 1. The highest BCUT2D eigenvalue weighted by Gasteiger charge is 2.21. The van der Waals surface area contributed by atoms with E-state index in [0.717, 1.165) is 30.5 Å². The van der Waals surface area contributed by atoms with Crippen molar-refractivity contribution in [3.63, 3.8) is 0 Å². The van der Waals surface area contributed by atoms with Gasteiger partial charge in [0, 0.05) is 23.9 Å². The highest BCUT2D eigenvalue weighted by molar-refractivity contribution is 5.67. The van der Waals surface area contributed by atoms with Crippen molar-refractivity contribution >= 4 is 11.4 Å². The number of nitrogens with two attached hydrogens (primary N) is 1. The Kier molecular flexibility index (Phi) is 14.8. The average molecular weight is 482 g/mol. The van der Waals surface area contributed by atoms with Gasteiger partial charge >= 0.3 is 0 Å². The summed E-state index contributed by atoms with van der Waals surface area (Å²) in [4.78, 5) is 15.7. The Labute approximate surface area is 213 Å². The summed E-state index contributed by atoms with van der Waals surface area (Å²) in [5.74, 6) is 0. The van der Waals surface area contributed by atoms with E-state index >= 15 is 0 Å². The van der Waals surface area contributed by atoms with Crippen LogP contribution in [-0.4, -0.2) is 9.91 Å². The van der Waals surface area contributed by atoms with E-state index in [9.17, 15) is 10.1 Å². The van der Waals surface area contributed by atoms with E-state index in [1.807, 2.05) is 30.3 Å². The molecule has 0 aliphatic carbocycles. The fraction of sp³-hybridized carbons (Fsp3) is 0.633. The number of hydrogen-bond donors (Lipinski definition) is 1. The van der Waals surface area contributed by atoms with E-state index in [1.54, 1.807) is 6.20 Å². The number of nitro benzene ring substituents is 1. The summed E-state index contributed by atoms with van der Waals surface area (Å²) in [7, 11) is 0. The molecular weight excluding hydrogens is 434 g/mol. The lowest BCUT2D eigenvalue weighted by molar-refractivity contribution is -0.384. The SMILES string of the molecule is CCCCCCCCCCCCCCCCCCc1ccc(Cc2ccccn2)c([N+](=O)[O-])c1N. The van der Waals surface area contributed by atoms with E-state index in [-0.39, 0.29) is 10.6 Å². The second-order valence-corrected chi connectivity index (χ2v) is 9.95. The first kappa shape index (κ1) is 28.8. The van der Waals surface area contributed by atoms with Crippen LogP contribution in [0, 0.1) is 10.1 Å². The predicted octanol–water partition coefficient (Wildman–Crippen LogP) is 8.97. The van der Waals surface area contributed by atoms with Gasteiger partial charge in [0.1, 0.15) is 5.69 Å². The molecule has 0 spiro atoms. The number of nitrogens with zero attached hydrogens (tertiary/aromatic N) is 2. The van der Waals surface area contributed by atoms with Gasteiger partial charge in [0.05, 0.1) is 4.92 Å². The molecule has 2 N–H and O–H groups in total. The maximum Gasteiger partial charge on any atom is 0.295 e. The number of anilines is 1. The molecule has 0 unspecified atom stereocenters. The molecule has 1 heterocycles. The first-order valence-electron chi connectivity index (χ1n) is 14.1. The molecule has 5 heteroatoms. The maximum atomic E-state index is 11.7. The van der Waals surface area contributed by atoms with Gasteiger partial charge in [0.15, 0.2) is 0 Å². The molecule has 1 aromatic carbocycles. The topological polar surface area (TPSA) is 82.0 Å². The number of nitro groups is 1. The Morgan fingerprint density at radius 3 is 1.74 bits per heavy atom. The van der Waals surface area contributed by atoms with Crippen LogP contribution in [0.25, 0.3) is 0 Å². The van der Waals surface area contributed by atoms with Crippen LogP contribution in [0.4, 0.5) is 11.4 Å². The van der Waals surface area contributed by atoms with Crippen molar-refractivity contribution in [3.8, 4) is 0 Å². The molecule has 0 saturated carbocycles. The minimum atomic E-state index is -0.343. The van der Waals surface area contributed by atoms with Gasteiger partial charge in [-0.15, -0.1) is 0 Å². The third kappa shape index (κ3) is 11.7. The largest absolute Gasteiger partial charge is 0.393 e. The van der Waals surface area contributed by atoms with Crippen LogP contribution in [-0.2, 0) is 12.8 Å². The van der Waals surface area contributed by atoms with Crippen molar-refractivity contribution in [1.82, 2.24) is 4.98 Å². The molecule has 194 valence electrons. The maximum absolute atomic E-state index is 11.7.